The molecular formula is C17H30N4. The Hall–Kier alpha value is -0.870. The van der Waals surface area contributed by atoms with Gasteiger partial charge in [-0.3, -0.25) is 9.58 Å². The Morgan fingerprint density at radius 2 is 2.00 bits per heavy atom. The maximum atomic E-state index is 4.80. The largest absolute Gasteiger partial charge is 0.319 e. The van der Waals surface area contributed by atoms with Gasteiger partial charge in [-0.1, -0.05) is 20.8 Å². The van der Waals surface area contributed by atoms with E-state index < -0.39 is 0 Å². The molecule has 2 unspecified atom stereocenters. The molecule has 4 nitrogen and oxygen atoms in total. The second-order valence-corrected chi connectivity index (χ2v) is 7.88. The second-order valence-electron chi connectivity index (χ2n) is 7.88. The van der Waals surface area contributed by atoms with Crippen molar-refractivity contribution >= 4 is 0 Å². The summed E-state index contributed by atoms with van der Waals surface area (Å²) in [5.41, 5.74) is 2.86. The third-order valence-corrected chi connectivity index (χ3v) is 4.93. The van der Waals surface area contributed by atoms with Gasteiger partial charge in [-0.15, -0.1) is 0 Å². The zero-order chi connectivity index (χ0) is 15.2. The molecule has 1 N–H and O–H groups in total. The summed E-state index contributed by atoms with van der Waals surface area (Å²) in [4.78, 5) is 2.76. The summed E-state index contributed by atoms with van der Waals surface area (Å²) >= 11 is 0. The predicted molar refractivity (Wildman–Crippen MR) is 86.4 cm³/mol. The molecule has 21 heavy (non-hydrogen) atoms. The van der Waals surface area contributed by atoms with E-state index in [1.807, 2.05) is 4.68 Å². The molecule has 1 aromatic heterocycles. The van der Waals surface area contributed by atoms with Crippen LogP contribution in [0.5, 0.6) is 0 Å². The first-order valence-electron chi connectivity index (χ1n) is 8.36. The van der Waals surface area contributed by atoms with Crippen LogP contribution in [-0.4, -0.2) is 40.9 Å². The number of rotatable bonds is 4. The molecule has 1 aliphatic heterocycles. The van der Waals surface area contributed by atoms with Crippen molar-refractivity contribution in [2.24, 2.45) is 13.0 Å². The molecule has 1 saturated carbocycles. The molecule has 1 aromatic rings. The molecule has 1 saturated heterocycles. The normalized spacial score (nSPS) is 27.5. The van der Waals surface area contributed by atoms with Crippen LogP contribution >= 0.6 is 0 Å². The van der Waals surface area contributed by atoms with Crippen LogP contribution in [0.15, 0.2) is 6.20 Å². The van der Waals surface area contributed by atoms with Crippen LogP contribution in [0.1, 0.15) is 57.3 Å². The number of nitrogens with zero attached hydrogens (tertiary/aromatic N) is 3. The highest BCUT2D eigenvalue weighted by atomic mass is 15.3. The van der Waals surface area contributed by atoms with Crippen LogP contribution in [-0.2, 0) is 12.5 Å². The van der Waals surface area contributed by atoms with Crippen molar-refractivity contribution in [2.45, 2.75) is 57.5 Å². The number of likely N-dealkylation sites (tertiary alicyclic amines) is 1. The summed E-state index contributed by atoms with van der Waals surface area (Å²) in [5.74, 6) is 0.709. The number of hydrogen-bond acceptors (Lipinski definition) is 3. The lowest BCUT2D eigenvalue weighted by molar-refractivity contribution is 0.215. The lowest BCUT2D eigenvalue weighted by Crippen LogP contribution is -2.32. The Labute approximate surface area is 128 Å². The maximum Gasteiger partial charge on any atom is 0.0725 e. The van der Waals surface area contributed by atoms with E-state index >= 15 is 0 Å². The molecule has 0 spiro atoms. The summed E-state index contributed by atoms with van der Waals surface area (Å²) < 4.78 is 2.01. The van der Waals surface area contributed by atoms with E-state index in [1.54, 1.807) is 0 Å². The number of aryl methyl sites for hydroxylation is 1. The minimum atomic E-state index is 0.110. The molecule has 4 heteroatoms. The van der Waals surface area contributed by atoms with Gasteiger partial charge in [0, 0.05) is 36.3 Å². The predicted octanol–water partition coefficient (Wildman–Crippen LogP) is 2.46. The fourth-order valence-electron chi connectivity index (χ4n) is 3.91. The summed E-state index contributed by atoms with van der Waals surface area (Å²) in [6, 6.07) is 1.37. The molecule has 2 heterocycles. The van der Waals surface area contributed by atoms with Crippen molar-refractivity contribution in [3.05, 3.63) is 17.5 Å². The van der Waals surface area contributed by atoms with Crippen LogP contribution in [0, 0.1) is 5.92 Å². The lowest BCUT2D eigenvalue weighted by atomic mass is 9.84. The Morgan fingerprint density at radius 1 is 1.29 bits per heavy atom. The van der Waals surface area contributed by atoms with E-state index in [4.69, 9.17) is 5.10 Å². The summed E-state index contributed by atoms with van der Waals surface area (Å²) in [7, 11) is 4.13. The van der Waals surface area contributed by atoms with E-state index in [0.717, 1.165) is 12.6 Å². The zero-order valence-corrected chi connectivity index (χ0v) is 14.2. The van der Waals surface area contributed by atoms with Crippen molar-refractivity contribution in [3.8, 4) is 0 Å². The van der Waals surface area contributed by atoms with Gasteiger partial charge in [0.1, 0.15) is 0 Å². The van der Waals surface area contributed by atoms with Crippen molar-refractivity contribution in [1.29, 1.82) is 0 Å². The van der Waals surface area contributed by atoms with Crippen LogP contribution in [0.25, 0.3) is 0 Å². The summed E-state index contributed by atoms with van der Waals surface area (Å²) in [6.07, 6.45) is 6.34. The van der Waals surface area contributed by atoms with E-state index in [-0.39, 0.29) is 5.41 Å². The van der Waals surface area contributed by atoms with E-state index in [0.29, 0.717) is 12.0 Å². The molecule has 1 aliphatic carbocycles. The van der Waals surface area contributed by atoms with E-state index in [1.165, 1.54) is 37.1 Å². The quantitative estimate of drug-likeness (QED) is 0.925. The first kappa shape index (κ1) is 15.0. The number of aromatic nitrogens is 2. The van der Waals surface area contributed by atoms with Crippen LogP contribution < -0.4 is 5.32 Å². The van der Waals surface area contributed by atoms with Crippen molar-refractivity contribution in [2.75, 3.05) is 20.1 Å². The summed E-state index contributed by atoms with van der Waals surface area (Å²) in [5, 5.41) is 8.21. The summed E-state index contributed by atoms with van der Waals surface area (Å²) in [6.45, 7) is 9.19. The average Bonchev–Trinajstić information content (AvgIpc) is 3.03. The third-order valence-electron chi connectivity index (χ3n) is 4.93. The molecule has 118 valence electrons. The number of hydrogen-bond donors (Lipinski definition) is 1. The minimum Gasteiger partial charge on any atom is -0.319 e. The fourth-order valence-corrected chi connectivity index (χ4v) is 3.91. The van der Waals surface area contributed by atoms with Gasteiger partial charge in [0.2, 0.25) is 0 Å². The minimum absolute atomic E-state index is 0.110. The zero-order valence-electron chi connectivity index (χ0n) is 14.2. The van der Waals surface area contributed by atoms with E-state index in [9.17, 15) is 0 Å². The highest BCUT2D eigenvalue weighted by Gasteiger charge is 2.44. The first-order chi connectivity index (χ1) is 9.91. The fraction of sp³-hybridized carbons (Fsp3) is 0.824. The van der Waals surface area contributed by atoms with Crippen molar-refractivity contribution in [3.63, 3.8) is 0 Å². The molecule has 2 atom stereocenters. The maximum absolute atomic E-state index is 4.80. The standard InChI is InChI=1S/C17H30N4/c1-17(2,3)16-14(11-20(5)19-16)15-12(10-18-4)8-9-21(15)13-6-7-13/h11-13,15,18H,6-10H2,1-5H3. The van der Waals surface area contributed by atoms with Gasteiger partial charge in [0.15, 0.2) is 0 Å². The van der Waals surface area contributed by atoms with Crippen molar-refractivity contribution in [1.82, 2.24) is 20.0 Å². The van der Waals surface area contributed by atoms with Crippen LogP contribution in [0.3, 0.4) is 0 Å². The highest BCUT2D eigenvalue weighted by Crippen LogP contribution is 2.46. The molecule has 0 radical (unpaired) electrons. The second kappa shape index (κ2) is 5.40. The van der Waals surface area contributed by atoms with Gasteiger partial charge in [-0.25, -0.2) is 0 Å². The molecule has 0 bridgehead atoms. The average molecular weight is 290 g/mol. The van der Waals surface area contributed by atoms with Gasteiger partial charge in [-0.2, -0.15) is 5.10 Å². The SMILES string of the molecule is CNCC1CCN(C2CC2)C1c1cn(C)nc1C(C)(C)C. The molecule has 0 aromatic carbocycles. The van der Waals surface area contributed by atoms with Crippen LogP contribution in [0.4, 0.5) is 0 Å². The van der Waals surface area contributed by atoms with Crippen LogP contribution in [0.2, 0.25) is 0 Å². The Kier molecular flexibility index (Phi) is 3.87. The molecule has 3 rings (SSSR count). The van der Waals surface area contributed by atoms with E-state index in [2.05, 4.69) is 51.3 Å². The number of nitrogens with one attached hydrogen (secondary N) is 1. The molecular weight excluding hydrogens is 260 g/mol. The van der Waals surface area contributed by atoms with Gasteiger partial charge in [0.25, 0.3) is 0 Å². The monoisotopic (exact) mass is 290 g/mol. The molecule has 2 fully saturated rings. The molecule has 2 aliphatic rings. The first-order valence-corrected chi connectivity index (χ1v) is 8.36. The third kappa shape index (κ3) is 2.88. The van der Waals surface area contributed by atoms with Gasteiger partial charge in [-0.05, 0) is 45.3 Å². The van der Waals surface area contributed by atoms with Crippen molar-refractivity contribution < 1.29 is 0 Å². The van der Waals surface area contributed by atoms with Gasteiger partial charge in [0.05, 0.1) is 5.69 Å². The highest BCUT2D eigenvalue weighted by molar-refractivity contribution is 5.29. The lowest BCUT2D eigenvalue weighted by Gasteiger charge is -2.30. The smallest absolute Gasteiger partial charge is 0.0725 e. The Balaban J connectivity index is 1.98. The Bertz CT molecular complexity index is 495. The Morgan fingerprint density at radius 3 is 2.57 bits per heavy atom. The van der Waals surface area contributed by atoms with Gasteiger partial charge < -0.3 is 5.32 Å². The van der Waals surface area contributed by atoms with Gasteiger partial charge >= 0.3 is 0 Å². The molecule has 0 amide bonds. The topological polar surface area (TPSA) is 33.1 Å².